The fraction of sp³-hybridized carbons (Fsp3) is 0.500. The first-order valence-corrected chi connectivity index (χ1v) is 11.2. The molecule has 1 atom stereocenters. The van der Waals surface area contributed by atoms with Crippen LogP contribution in [0.4, 0.5) is 4.39 Å². The van der Waals surface area contributed by atoms with Crippen molar-refractivity contribution in [2.24, 2.45) is 5.92 Å². The zero-order valence-corrected chi connectivity index (χ0v) is 17.4. The summed E-state index contributed by atoms with van der Waals surface area (Å²) in [4.78, 5) is 19.2. The molecule has 0 bridgehead atoms. The minimum Gasteiger partial charge on any atom is -0.379 e. The molecule has 2 aromatic rings. The van der Waals surface area contributed by atoms with Gasteiger partial charge in [0.1, 0.15) is 5.82 Å². The molecule has 2 saturated heterocycles. The number of hydrogen-bond acceptors (Lipinski definition) is 5. The zero-order chi connectivity index (χ0) is 20.1. The van der Waals surface area contributed by atoms with E-state index in [4.69, 9.17) is 4.74 Å². The summed E-state index contributed by atoms with van der Waals surface area (Å²) in [5.74, 6) is 0.245. The smallest absolute Gasteiger partial charge is 0.261 e. The number of nitrogens with one attached hydrogen (secondary N) is 1. The topological polar surface area (TPSA) is 44.8 Å². The maximum Gasteiger partial charge on any atom is 0.261 e. The summed E-state index contributed by atoms with van der Waals surface area (Å²) in [7, 11) is 0. The van der Waals surface area contributed by atoms with Crippen LogP contribution in [0.2, 0.25) is 0 Å². The number of morpholine rings is 1. The van der Waals surface area contributed by atoms with Gasteiger partial charge in [-0.3, -0.25) is 9.69 Å². The summed E-state index contributed by atoms with van der Waals surface area (Å²) in [6.45, 7) is 8.84. The molecule has 1 unspecified atom stereocenters. The maximum atomic E-state index is 13.1. The third kappa shape index (κ3) is 5.63. The van der Waals surface area contributed by atoms with Gasteiger partial charge in [-0.15, -0.1) is 11.3 Å². The molecule has 5 nitrogen and oxygen atoms in total. The lowest BCUT2D eigenvalue weighted by molar-refractivity contribution is 0.0342. The van der Waals surface area contributed by atoms with E-state index < -0.39 is 0 Å². The van der Waals surface area contributed by atoms with Crippen molar-refractivity contribution >= 4 is 17.2 Å². The maximum absolute atomic E-state index is 13.1. The van der Waals surface area contributed by atoms with E-state index in [0.717, 1.165) is 75.9 Å². The molecular formula is C22H28FN3O2S. The monoisotopic (exact) mass is 417 g/mol. The van der Waals surface area contributed by atoms with E-state index in [1.807, 2.05) is 12.1 Å². The van der Waals surface area contributed by atoms with Crippen molar-refractivity contribution in [3.8, 4) is 10.4 Å². The molecule has 3 heterocycles. The largest absolute Gasteiger partial charge is 0.379 e. The highest BCUT2D eigenvalue weighted by Crippen LogP contribution is 2.28. The zero-order valence-electron chi connectivity index (χ0n) is 16.6. The Kier molecular flexibility index (Phi) is 6.92. The lowest BCUT2D eigenvalue weighted by Gasteiger charge is -2.28. The van der Waals surface area contributed by atoms with E-state index in [-0.39, 0.29) is 11.7 Å². The Labute approximate surface area is 175 Å². The number of likely N-dealkylation sites (tertiary alicyclic amines) is 1. The number of carbonyl (C=O) groups excluding carboxylic acids is 1. The van der Waals surface area contributed by atoms with Gasteiger partial charge in [-0.25, -0.2) is 4.39 Å². The van der Waals surface area contributed by atoms with Gasteiger partial charge in [0.05, 0.1) is 18.1 Å². The molecule has 156 valence electrons. The van der Waals surface area contributed by atoms with Gasteiger partial charge in [0, 0.05) is 44.1 Å². The summed E-state index contributed by atoms with van der Waals surface area (Å²) >= 11 is 1.45. The van der Waals surface area contributed by atoms with Gasteiger partial charge in [-0.2, -0.15) is 0 Å². The number of thiophene rings is 1. The third-order valence-corrected chi connectivity index (χ3v) is 6.85. The number of ether oxygens (including phenoxy) is 1. The molecule has 7 heteroatoms. The fourth-order valence-corrected chi connectivity index (χ4v) is 4.87. The lowest BCUT2D eigenvalue weighted by atomic mass is 10.1. The van der Waals surface area contributed by atoms with E-state index in [1.165, 1.54) is 23.5 Å². The molecule has 0 spiro atoms. The molecule has 1 N–H and O–H groups in total. The number of carbonyl (C=O) groups is 1. The van der Waals surface area contributed by atoms with Crippen LogP contribution in [-0.2, 0) is 4.74 Å². The second-order valence-corrected chi connectivity index (χ2v) is 8.87. The van der Waals surface area contributed by atoms with Crippen molar-refractivity contribution in [3.63, 3.8) is 0 Å². The second kappa shape index (κ2) is 9.80. The van der Waals surface area contributed by atoms with Crippen LogP contribution in [0.15, 0.2) is 36.4 Å². The van der Waals surface area contributed by atoms with E-state index in [9.17, 15) is 9.18 Å². The van der Waals surface area contributed by atoms with Crippen LogP contribution in [0.1, 0.15) is 16.1 Å². The normalized spacial score (nSPS) is 20.8. The summed E-state index contributed by atoms with van der Waals surface area (Å²) in [5, 5.41) is 3.10. The van der Waals surface area contributed by atoms with Crippen molar-refractivity contribution in [1.82, 2.24) is 15.1 Å². The van der Waals surface area contributed by atoms with Crippen molar-refractivity contribution in [2.45, 2.75) is 6.42 Å². The molecule has 0 aliphatic carbocycles. The van der Waals surface area contributed by atoms with Crippen LogP contribution >= 0.6 is 11.3 Å². The molecule has 0 radical (unpaired) electrons. The first kappa shape index (κ1) is 20.5. The molecule has 1 aromatic carbocycles. The summed E-state index contributed by atoms with van der Waals surface area (Å²) in [6.07, 6.45) is 1.13. The van der Waals surface area contributed by atoms with E-state index in [1.54, 1.807) is 12.1 Å². The first-order chi connectivity index (χ1) is 14.2. The Bertz CT molecular complexity index is 805. The van der Waals surface area contributed by atoms with E-state index >= 15 is 0 Å². The minimum atomic E-state index is -0.251. The minimum absolute atomic E-state index is 0.0184. The van der Waals surface area contributed by atoms with Gasteiger partial charge in [0.25, 0.3) is 5.91 Å². The van der Waals surface area contributed by atoms with Crippen LogP contribution in [0.25, 0.3) is 10.4 Å². The number of benzene rings is 1. The third-order valence-electron chi connectivity index (χ3n) is 5.72. The highest BCUT2D eigenvalue weighted by Gasteiger charge is 2.24. The van der Waals surface area contributed by atoms with Crippen molar-refractivity contribution in [2.75, 3.05) is 59.0 Å². The highest BCUT2D eigenvalue weighted by atomic mass is 32.1. The summed E-state index contributed by atoms with van der Waals surface area (Å²) in [5.41, 5.74) is 0.933. The number of rotatable bonds is 7. The molecule has 2 aliphatic heterocycles. The molecular weight excluding hydrogens is 389 g/mol. The van der Waals surface area contributed by atoms with Crippen molar-refractivity contribution in [3.05, 3.63) is 47.1 Å². The predicted molar refractivity (Wildman–Crippen MR) is 114 cm³/mol. The van der Waals surface area contributed by atoms with E-state index in [2.05, 4.69) is 15.1 Å². The van der Waals surface area contributed by atoms with Gasteiger partial charge in [-0.1, -0.05) is 12.1 Å². The molecule has 2 aliphatic rings. The number of hydrogen-bond donors (Lipinski definition) is 1. The highest BCUT2D eigenvalue weighted by molar-refractivity contribution is 7.17. The fourth-order valence-electron chi connectivity index (χ4n) is 3.94. The predicted octanol–water partition coefficient (Wildman–Crippen LogP) is 2.94. The van der Waals surface area contributed by atoms with Gasteiger partial charge < -0.3 is 15.0 Å². The van der Waals surface area contributed by atoms with E-state index in [0.29, 0.717) is 10.8 Å². The van der Waals surface area contributed by atoms with Crippen LogP contribution in [0, 0.1) is 11.7 Å². The van der Waals surface area contributed by atoms with Crippen LogP contribution in [-0.4, -0.2) is 74.7 Å². The molecule has 2 fully saturated rings. The molecule has 1 aromatic heterocycles. The summed E-state index contributed by atoms with van der Waals surface area (Å²) < 4.78 is 18.5. The van der Waals surface area contributed by atoms with Crippen LogP contribution in [0.5, 0.6) is 0 Å². The number of halogens is 1. The van der Waals surface area contributed by atoms with Gasteiger partial charge in [-0.05, 0) is 48.7 Å². The van der Waals surface area contributed by atoms with Gasteiger partial charge in [0.15, 0.2) is 0 Å². The van der Waals surface area contributed by atoms with Gasteiger partial charge in [0.2, 0.25) is 0 Å². The lowest BCUT2D eigenvalue weighted by Crippen LogP contribution is -2.41. The quantitative estimate of drug-likeness (QED) is 0.752. The standard InChI is InChI=1S/C22H28FN3O2S/c23-19-3-1-18(2-4-19)20-5-6-21(29-20)22(27)24-15-17-7-8-26(16-17)10-9-25-11-13-28-14-12-25/h1-6,17H,7-16H2,(H,24,27). The van der Waals surface area contributed by atoms with Crippen molar-refractivity contribution in [1.29, 1.82) is 0 Å². The Balaban J connectivity index is 1.20. The molecule has 0 saturated carbocycles. The number of nitrogens with zero attached hydrogens (tertiary/aromatic N) is 2. The Hall–Kier alpha value is -1.80. The Morgan fingerprint density at radius 3 is 2.62 bits per heavy atom. The summed E-state index contributed by atoms with van der Waals surface area (Å²) in [6, 6.07) is 10.1. The van der Waals surface area contributed by atoms with Gasteiger partial charge >= 0.3 is 0 Å². The molecule has 29 heavy (non-hydrogen) atoms. The van der Waals surface area contributed by atoms with Crippen molar-refractivity contribution < 1.29 is 13.9 Å². The average Bonchev–Trinajstić information content (AvgIpc) is 3.42. The Morgan fingerprint density at radius 2 is 1.83 bits per heavy atom. The average molecular weight is 418 g/mol. The number of amides is 1. The van der Waals surface area contributed by atoms with Crippen LogP contribution in [0.3, 0.4) is 0 Å². The Morgan fingerprint density at radius 1 is 1.07 bits per heavy atom. The first-order valence-electron chi connectivity index (χ1n) is 10.3. The molecule has 1 amide bonds. The SMILES string of the molecule is O=C(NCC1CCN(CCN2CCOCC2)C1)c1ccc(-c2ccc(F)cc2)s1. The second-order valence-electron chi connectivity index (χ2n) is 7.79. The van der Waals surface area contributed by atoms with Crippen LogP contribution < -0.4 is 5.32 Å². The molecule has 4 rings (SSSR count).